The van der Waals surface area contributed by atoms with Crippen LogP contribution < -0.4 is 10.6 Å². The maximum absolute atomic E-state index is 11.7. The zero-order valence-electron chi connectivity index (χ0n) is 20.5. The Balaban J connectivity index is 1.61. The molecule has 2 rings (SSSR count). The Labute approximate surface area is 194 Å². The predicted molar refractivity (Wildman–Crippen MR) is 131 cm³/mol. The van der Waals surface area contributed by atoms with Crippen molar-refractivity contribution < 1.29 is 9.53 Å². The Morgan fingerprint density at radius 1 is 1.19 bits per heavy atom. The van der Waals surface area contributed by atoms with E-state index in [2.05, 4.69) is 39.6 Å². The van der Waals surface area contributed by atoms with Crippen LogP contribution in [-0.4, -0.2) is 59.6 Å². The molecule has 7 heteroatoms. The average Bonchev–Trinajstić information content (AvgIpc) is 2.74. The fourth-order valence-electron chi connectivity index (χ4n) is 3.79. The average molecular weight is 446 g/mol. The van der Waals surface area contributed by atoms with Crippen LogP contribution in [0.25, 0.3) is 0 Å². The molecule has 0 amide bonds. The first-order valence-electron chi connectivity index (χ1n) is 12.2. The Bertz CT molecular complexity index is 679. The number of aromatic nitrogens is 1. The smallest absolute Gasteiger partial charge is 0.306 e. The molecule has 2 heterocycles. The zero-order valence-corrected chi connectivity index (χ0v) is 20.5. The van der Waals surface area contributed by atoms with E-state index in [0.717, 1.165) is 82.9 Å². The lowest BCUT2D eigenvalue weighted by Crippen LogP contribution is -2.48. The molecule has 1 aromatic heterocycles. The number of pyridine rings is 1. The number of hydrogen-bond donors (Lipinski definition) is 2. The fraction of sp³-hybridized carbons (Fsp3) is 0.720. The van der Waals surface area contributed by atoms with Gasteiger partial charge in [-0.05, 0) is 65.5 Å². The zero-order chi connectivity index (χ0) is 23.2. The molecule has 0 saturated carbocycles. The minimum atomic E-state index is -0.392. The predicted octanol–water partition coefficient (Wildman–Crippen LogP) is 3.89. The van der Waals surface area contributed by atoms with Crippen LogP contribution in [0.2, 0.25) is 0 Å². The summed E-state index contributed by atoms with van der Waals surface area (Å²) in [7, 11) is 0. The van der Waals surface area contributed by atoms with Gasteiger partial charge in [0.1, 0.15) is 5.60 Å². The summed E-state index contributed by atoms with van der Waals surface area (Å²) < 4.78 is 5.35. The van der Waals surface area contributed by atoms with Crippen molar-refractivity contribution in [3.63, 3.8) is 0 Å². The minimum Gasteiger partial charge on any atom is -0.460 e. The number of ether oxygens (including phenoxy) is 1. The fourth-order valence-corrected chi connectivity index (χ4v) is 3.79. The largest absolute Gasteiger partial charge is 0.460 e. The number of esters is 1. The van der Waals surface area contributed by atoms with Gasteiger partial charge in [-0.2, -0.15) is 0 Å². The van der Waals surface area contributed by atoms with E-state index in [1.165, 1.54) is 0 Å². The second-order valence-corrected chi connectivity index (χ2v) is 9.53. The first kappa shape index (κ1) is 26.1. The summed E-state index contributed by atoms with van der Waals surface area (Å²) in [5.74, 6) is 0.824. The minimum absolute atomic E-state index is 0.0970. The number of aliphatic imine (C=N–C) groups is 1. The molecule has 1 aliphatic rings. The summed E-state index contributed by atoms with van der Waals surface area (Å²) in [5.41, 5.74) is 0.747. The van der Waals surface area contributed by atoms with Crippen LogP contribution in [0, 0.1) is 0 Å². The van der Waals surface area contributed by atoms with E-state index in [0.29, 0.717) is 12.5 Å². The lowest BCUT2D eigenvalue weighted by atomic mass is 10.0. The van der Waals surface area contributed by atoms with E-state index in [4.69, 9.17) is 9.73 Å². The summed E-state index contributed by atoms with van der Waals surface area (Å²) >= 11 is 0. The van der Waals surface area contributed by atoms with Gasteiger partial charge in [-0.3, -0.25) is 19.7 Å². The molecule has 2 N–H and O–H groups in total. The number of piperidine rings is 1. The quantitative estimate of drug-likeness (QED) is 0.233. The van der Waals surface area contributed by atoms with E-state index in [9.17, 15) is 4.79 Å². The molecule has 1 aliphatic heterocycles. The van der Waals surface area contributed by atoms with Crippen molar-refractivity contribution in [2.24, 2.45) is 4.99 Å². The van der Waals surface area contributed by atoms with E-state index in [1.54, 1.807) is 0 Å². The Kier molecular flexibility index (Phi) is 11.5. The molecular formula is C25H43N5O2. The van der Waals surface area contributed by atoms with Crippen molar-refractivity contribution in [3.05, 3.63) is 30.1 Å². The highest BCUT2D eigenvalue weighted by molar-refractivity contribution is 5.80. The third-order valence-electron chi connectivity index (χ3n) is 5.36. The van der Waals surface area contributed by atoms with Gasteiger partial charge in [-0.15, -0.1) is 0 Å². The molecule has 180 valence electrons. The second kappa shape index (κ2) is 14.1. The molecule has 0 radical (unpaired) electrons. The SMILES string of the molecule is CCNC(=NCCCCCCC(=O)OC(C)(C)C)NC1CCN(Cc2ccccn2)CC1. The summed E-state index contributed by atoms with van der Waals surface area (Å²) in [6.45, 7) is 12.6. The van der Waals surface area contributed by atoms with Crippen molar-refractivity contribution in [2.75, 3.05) is 26.2 Å². The van der Waals surface area contributed by atoms with E-state index >= 15 is 0 Å². The van der Waals surface area contributed by atoms with Gasteiger partial charge >= 0.3 is 5.97 Å². The van der Waals surface area contributed by atoms with Gasteiger partial charge < -0.3 is 15.4 Å². The molecule has 1 fully saturated rings. The number of unbranched alkanes of at least 4 members (excludes halogenated alkanes) is 3. The topological polar surface area (TPSA) is 78.8 Å². The summed E-state index contributed by atoms with van der Waals surface area (Å²) in [4.78, 5) is 23.4. The number of nitrogens with zero attached hydrogens (tertiary/aromatic N) is 3. The Hall–Kier alpha value is -2.15. The monoisotopic (exact) mass is 445 g/mol. The van der Waals surface area contributed by atoms with E-state index in [-0.39, 0.29) is 5.97 Å². The lowest BCUT2D eigenvalue weighted by Gasteiger charge is -2.32. The molecule has 1 aromatic rings. The van der Waals surface area contributed by atoms with Crippen molar-refractivity contribution in [2.45, 2.75) is 90.8 Å². The van der Waals surface area contributed by atoms with Crippen LogP contribution in [0.5, 0.6) is 0 Å². The standard InChI is InChI=1S/C25H43N5O2/c1-5-26-24(28-17-10-7-6-8-13-23(31)32-25(2,3)4)29-21-14-18-30(19-15-21)20-22-12-9-11-16-27-22/h9,11-12,16,21H,5-8,10,13-15,17-20H2,1-4H3,(H2,26,28,29). The van der Waals surface area contributed by atoms with E-state index < -0.39 is 5.60 Å². The molecule has 0 unspecified atom stereocenters. The number of carbonyl (C=O) groups is 1. The Morgan fingerprint density at radius 3 is 2.59 bits per heavy atom. The van der Waals surface area contributed by atoms with Gasteiger partial charge in [0.25, 0.3) is 0 Å². The van der Waals surface area contributed by atoms with E-state index in [1.807, 2.05) is 33.0 Å². The van der Waals surface area contributed by atoms with Crippen LogP contribution >= 0.6 is 0 Å². The number of rotatable bonds is 11. The molecular weight excluding hydrogens is 402 g/mol. The summed E-state index contributed by atoms with van der Waals surface area (Å²) in [5, 5.41) is 6.99. The Morgan fingerprint density at radius 2 is 1.94 bits per heavy atom. The number of likely N-dealkylation sites (tertiary alicyclic amines) is 1. The highest BCUT2D eigenvalue weighted by Gasteiger charge is 2.20. The third kappa shape index (κ3) is 11.5. The van der Waals surface area contributed by atoms with Gasteiger partial charge in [0.15, 0.2) is 5.96 Å². The molecule has 0 bridgehead atoms. The number of nitrogens with one attached hydrogen (secondary N) is 2. The highest BCUT2D eigenvalue weighted by Crippen LogP contribution is 2.13. The molecule has 0 aliphatic carbocycles. The van der Waals surface area contributed by atoms with Gasteiger partial charge in [0.2, 0.25) is 0 Å². The molecule has 7 nitrogen and oxygen atoms in total. The first-order chi connectivity index (χ1) is 15.4. The number of hydrogen-bond acceptors (Lipinski definition) is 5. The first-order valence-corrected chi connectivity index (χ1v) is 12.2. The van der Waals surface area contributed by atoms with Crippen LogP contribution in [-0.2, 0) is 16.1 Å². The maximum Gasteiger partial charge on any atom is 0.306 e. The molecule has 1 saturated heterocycles. The van der Waals surface area contributed by atoms with Crippen molar-refractivity contribution in [1.29, 1.82) is 0 Å². The molecule has 0 atom stereocenters. The second-order valence-electron chi connectivity index (χ2n) is 9.53. The molecule has 0 spiro atoms. The van der Waals surface area contributed by atoms with Crippen LogP contribution in [0.15, 0.2) is 29.4 Å². The highest BCUT2D eigenvalue weighted by atomic mass is 16.6. The van der Waals surface area contributed by atoms with Crippen molar-refractivity contribution in [1.82, 2.24) is 20.5 Å². The van der Waals surface area contributed by atoms with Crippen LogP contribution in [0.1, 0.15) is 78.3 Å². The van der Waals surface area contributed by atoms with Gasteiger partial charge in [0, 0.05) is 51.4 Å². The maximum atomic E-state index is 11.7. The molecule has 32 heavy (non-hydrogen) atoms. The summed E-state index contributed by atoms with van der Waals surface area (Å²) in [6.07, 6.45) is 8.63. The van der Waals surface area contributed by atoms with Crippen molar-refractivity contribution >= 4 is 11.9 Å². The van der Waals surface area contributed by atoms with Crippen LogP contribution in [0.3, 0.4) is 0 Å². The van der Waals surface area contributed by atoms with Gasteiger partial charge in [0.05, 0.1) is 5.69 Å². The third-order valence-corrected chi connectivity index (χ3v) is 5.36. The normalized spacial score (nSPS) is 16.1. The van der Waals surface area contributed by atoms with Crippen LogP contribution in [0.4, 0.5) is 0 Å². The summed E-state index contributed by atoms with van der Waals surface area (Å²) in [6, 6.07) is 6.57. The van der Waals surface area contributed by atoms with Gasteiger partial charge in [-0.25, -0.2) is 0 Å². The van der Waals surface area contributed by atoms with Gasteiger partial charge in [-0.1, -0.05) is 18.9 Å². The lowest BCUT2D eigenvalue weighted by molar-refractivity contribution is -0.154. The number of carbonyl (C=O) groups excluding carboxylic acids is 1. The van der Waals surface area contributed by atoms with Crippen molar-refractivity contribution in [3.8, 4) is 0 Å². The molecule has 0 aromatic carbocycles. The number of guanidine groups is 1.